The number of likely N-dealkylation sites (N-methyl/N-ethyl adjacent to an activating group) is 1. The summed E-state index contributed by atoms with van der Waals surface area (Å²) in [7, 11) is 4.00. The maximum Gasteiger partial charge on any atom is 0.251 e. The molecule has 0 spiro atoms. The predicted molar refractivity (Wildman–Crippen MR) is 106 cm³/mol. The van der Waals surface area contributed by atoms with E-state index in [1.807, 2.05) is 91.7 Å². The van der Waals surface area contributed by atoms with E-state index in [0.717, 1.165) is 11.3 Å². The number of aromatic nitrogens is 1. The van der Waals surface area contributed by atoms with Crippen LogP contribution in [0.2, 0.25) is 5.02 Å². The lowest BCUT2D eigenvalue weighted by Gasteiger charge is -2.25. The highest BCUT2D eigenvalue weighted by Crippen LogP contribution is 2.20. The van der Waals surface area contributed by atoms with Gasteiger partial charge in [-0.25, -0.2) is 0 Å². The molecule has 134 valence electrons. The minimum absolute atomic E-state index is 0.0730. The fraction of sp³-hybridized carbons (Fsp3) is 0.190. The zero-order chi connectivity index (χ0) is 18.5. The van der Waals surface area contributed by atoms with Crippen LogP contribution >= 0.6 is 11.6 Å². The molecule has 3 rings (SSSR count). The van der Waals surface area contributed by atoms with Gasteiger partial charge in [0.05, 0.1) is 6.04 Å². The highest BCUT2D eigenvalue weighted by atomic mass is 35.5. The summed E-state index contributed by atoms with van der Waals surface area (Å²) in [5.74, 6) is -0.0835. The van der Waals surface area contributed by atoms with Crippen LogP contribution in [0.25, 0.3) is 5.69 Å². The van der Waals surface area contributed by atoms with Gasteiger partial charge in [-0.05, 0) is 62.1 Å². The molecule has 0 radical (unpaired) electrons. The molecule has 0 aliphatic heterocycles. The zero-order valence-corrected chi connectivity index (χ0v) is 15.6. The first-order valence-electron chi connectivity index (χ1n) is 8.48. The molecule has 0 aliphatic rings. The lowest BCUT2D eigenvalue weighted by atomic mass is 10.1. The van der Waals surface area contributed by atoms with E-state index in [2.05, 4.69) is 10.2 Å². The smallest absolute Gasteiger partial charge is 0.251 e. The van der Waals surface area contributed by atoms with E-state index in [4.69, 9.17) is 11.6 Å². The average Bonchev–Trinajstić information content (AvgIpc) is 3.18. The van der Waals surface area contributed by atoms with E-state index < -0.39 is 0 Å². The van der Waals surface area contributed by atoms with Gasteiger partial charge in [0.2, 0.25) is 0 Å². The molecule has 0 saturated heterocycles. The monoisotopic (exact) mass is 367 g/mol. The highest BCUT2D eigenvalue weighted by molar-refractivity contribution is 6.30. The number of rotatable bonds is 6. The number of halogens is 1. The summed E-state index contributed by atoms with van der Waals surface area (Å²) in [6.45, 7) is 0.515. The van der Waals surface area contributed by atoms with Gasteiger partial charge in [0.1, 0.15) is 0 Å². The van der Waals surface area contributed by atoms with E-state index in [9.17, 15) is 4.79 Å². The lowest BCUT2D eigenvalue weighted by molar-refractivity contribution is 0.0942. The summed E-state index contributed by atoms with van der Waals surface area (Å²) in [6, 6.07) is 19.3. The van der Waals surface area contributed by atoms with E-state index in [-0.39, 0.29) is 11.9 Å². The van der Waals surface area contributed by atoms with Gasteiger partial charge in [0.25, 0.3) is 5.91 Å². The van der Waals surface area contributed by atoms with Crippen LogP contribution in [-0.2, 0) is 0 Å². The van der Waals surface area contributed by atoms with Crippen LogP contribution in [0.5, 0.6) is 0 Å². The molecule has 1 N–H and O–H groups in total. The zero-order valence-electron chi connectivity index (χ0n) is 14.9. The Morgan fingerprint density at radius 2 is 1.77 bits per heavy atom. The normalized spacial score (nSPS) is 12.2. The summed E-state index contributed by atoms with van der Waals surface area (Å²) in [6.07, 6.45) is 3.92. The maximum absolute atomic E-state index is 12.6. The molecule has 0 saturated carbocycles. The predicted octanol–water partition coefficient (Wildman–Crippen LogP) is 4.16. The Balaban J connectivity index is 1.71. The van der Waals surface area contributed by atoms with Gasteiger partial charge in [-0.15, -0.1) is 0 Å². The van der Waals surface area contributed by atoms with Crippen molar-refractivity contribution in [1.82, 2.24) is 14.8 Å². The molecule has 1 aromatic heterocycles. The van der Waals surface area contributed by atoms with Crippen molar-refractivity contribution in [2.45, 2.75) is 6.04 Å². The van der Waals surface area contributed by atoms with Gasteiger partial charge in [-0.2, -0.15) is 0 Å². The quantitative estimate of drug-likeness (QED) is 0.710. The first-order chi connectivity index (χ1) is 12.5. The van der Waals surface area contributed by atoms with Crippen molar-refractivity contribution in [1.29, 1.82) is 0 Å². The minimum Gasteiger partial charge on any atom is -0.350 e. The van der Waals surface area contributed by atoms with Crippen LogP contribution in [0, 0.1) is 0 Å². The van der Waals surface area contributed by atoms with E-state index >= 15 is 0 Å². The lowest BCUT2D eigenvalue weighted by Crippen LogP contribution is -2.34. The number of benzene rings is 2. The summed E-state index contributed by atoms with van der Waals surface area (Å²) < 4.78 is 1.98. The second-order valence-electron chi connectivity index (χ2n) is 6.38. The van der Waals surface area contributed by atoms with Crippen molar-refractivity contribution in [3.8, 4) is 5.69 Å². The molecule has 26 heavy (non-hydrogen) atoms. The molecule has 1 unspecified atom stereocenters. The van der Waals surface area contributed by atoms with Crippen molar-refractivity contribution in [2.75, 3.05) is 20.6 Å². The molecule has 5 heteroatoms. The van der Waals surface area contributed by atoms with Crippen LogP contribution in [0.3, 0.4) is 0 Å². The van der Waals surface area contributed by atoms with Crippen LogP contribution in [-0.4, -0.2) is 36.0 Å². The van der Waals surface area contributed by atoms with Crippen LogP contribution in [0.1, 0.15) is 22.0 Å². The van der Waals surface area contributed by atoms with E-state index in [1.54, 1.807) is 0 Å². The molecule has 1 amide bonds. The second kappa shape index (κ2) is 8.21. The number of hydrogen-bond acceptors (Lipinski definition) is 2. The number of carbonyl (C=O) groups excluding carboxylic acids is 1. The first-order valence-corrected chi connectivity index (χ1v) is 8.86. The summed E-state index contributed by atoms with van der Waals surface area (Å²) in [5.41, 5.74) is 2.72. The third-order valence-corrected chi connectivity index (χ3v) is 4.60. The number of nitrogens with one attached hydrogen (secondary N) is 1. The Bertz CT molecular complexity index is 857. The molecule has 0 aliphatic carbocycles. The van der Waals surface area contributed by atoms with Crippen LogP contribution < -0.4 is 5.32 Å². The number of nitrogens with zero attached hydrogens (tertiary/aromatic N) is 2. The standard InChI is InChI=1S/C21H22ClN3O/c1-24(2)20(16-8-10-18(22)11-9-16)15-23-21(26)17-6-5-7-19(14-17)25-12-3-4-13-25/h3-14,20H,15H2,1-2H3,(H,23,26). The van der Waals surface area contributed by atoms with Crippen molar-refractivity contribution < 1.29 is 4.79 Å². The van der Waals surface area contributed by atoms with Gasteiger partial charge in [0, 0.05) is 35.2 Å². The SMILES string of the molecule is CN(C)C(CNC(=O)c1cccc(-n2cccc2)c1)c1ccc(Cl)cc1. The largest absolute Gasteiger partial charge is 0.350 e. The molecule has 2 aromatic carbocycles. The van der Waals surface area contributed by atoms with E-state index in [1.165, 1.54) is 0 Å². The molecule has 3 aromatic rings. The van der Waals surface area contributed by atoms with Gasteiger partial charge < -0.3 is 14.8 Å². The fourth-order valence-corrected chi connectivity index (χ4v) is 3.02. The van der Waals surface area contributed by atoms with E-state index in [0.29, 0.717) is 17.1 Å². The maximum atomic E-state index is 12.6. The molecule has 1 heterocycles. The number of carbonyl (C=O) groups is 1. The highest BCUT2D eigenvalue weighted by Gasteiger charge is 2.16. The van der Waals surface area contributed by atoms with Crippen molar-refractivity contribution in [2.24, 2.45) is 0 Å². The Morgan fingerprint density at radius 3 is 2.42 bits per heavy atom. The molecular formula is C21H22ClN3O. The van der Waals surface area contributed by atoms with Crippen molar-refractivity contribution in [3.63, 3.8) is 0 Å². The van der Waals surface area contributed by atoms with Crippen molar-refractivity contribution >= 4 is 17.5 Å². The third kappa shape index (κ3) is 4.34. The summed E-state index contributed by atoms with van der Waals surface area (Å²) in [5, 5.41) is 3.75. The minimum atomic E-state index is -0.0835. The third-order valence-electron chi connectivity index (χ3n) is 4.35. The number of hydrogen-bond donors (Lipinski definition) is 1. The molecule has 1 atom stereocenters. The van der Waals surface area contributed by atoms with Gasteiger partial charge >= 0.3 is 0 Å². The summed E-state index contributed by atoms with van der Waals surface area (Å²) in [4.78, 5) is 14.7. The first kappa shape index (κ1) is 18.2. The Morgan fingerprint density at radius 1 is 1.08 bits per heavy atom. The summed E-state index contributed by atoms with van der Waals surface area (Å²) >= 11 is 5.98. The van der Waals surface area contributed by atoms with Gasteiger partial charge in [-0.3, -0.25) is 4.79 Å². The van der Waals surface area contributed by atoms with Gasteiger partial charge in [0.15, 0.2) is 0 Å². The average molecular weight is 368 g/mol. The fourth-order valence-electron chi connectivity index (χ4n) is 2.89. The van der Waals surface area contributed by atoms with Gasteiger partial charge in [-0.1, -0.05) is 29.8 Å². The Kier molecular flexibility index (Phi) is 5.76. The molecule has 0 bridgehead atoms. The molecular weight excluding hydrogens is 346 g/mol. The molecule has 4 nitrogen and oxygen atoms in total. The second-order valence-corrected chi connectivity index (χ2v) is 6.82. The van der Waals surface area contributed by atoms with Crippen LogP contribution in [0.4, 0.5) is 0 Å². The number of amides is 1. The Labute approximate surface area is 159 Å². The van der Waals surface area contributed by atoms with Crippen LogP contribution in [0.15, 0.2) is 73.1 Å². The molecule has 0 fully saturated rings. The van der Waals surface area contributed by atoms with Crippen molar-refractivity contribution in [3.05, 3.63) is 89.2 Å². The Hall–Kier alpha value is -2.56. The topological polar surface area (TPSA) is 37.3 Å².